The van der Waals surface area contributed by atoms with Crippen LogP contribution in [-0.4, -0.2) is 22.2 Å². The number of nitrogens with zero attached hydrogens (tertiary/aromatic N) is 4. The monoisotopic (exact) mass is 1430 g/mol. The van der Waals surface area contributed by atoms with Gasteiger partial charge in [0.15, 0.2) is 0 Å². The number of hydrogen-bond acceptors (Lipinski definition) is 4. The highest BCUT2D eigenvalue weighted by molar-refractivity contribution is 6.40. The Kier molecular flexibility index (Phi) is 14.0. The lowest BCUT2D eigenvalue weighted by Crippen LogP contribution is -2.47. The Morgan fingerprint density at radius 3 is 0.691 bits per heavy atom. The van der Waals surface area contributed by atoms with E-state index in [2.05, 4.69) is 330 Å². The number of rotatable bonds is 8. The van der Waals surface area contributed by atoms with Crippen LogP contribution in [0.4, 0.5) is 45.5 Å². The molecule has 4 aliphatic heterocycles. The SMILES string of the molecule is CC1CCCC2(C)C1c1cc(-c3ccc4c5cc6c(cc5c5ccc(-c7ccc8c(c7)C7C(C)CCCC7(C)N8c7ccccc7)c3c45)c3ccc(-c4ccc5c(c4)C4C(C)CCCC4(C)N5c4ccccc4)c4c(-c5ccc7c(c5)C5C(C)CCCC5(C)N7c5ccccc5)ccc6c43)ccc1N2c1ccccc1. The third kappa shape index (κ3) is 8.80. The van der Waals surface area contributed by atoms with Gasteiger partial charge in [0.25, 0.3) is 0 Å². The first-order valence-corrected chi connectivity index (χ1v) is 42.1. The average molecular weight is 1430 g/mol. The number of hydrogen-bond donors (Lipinski definition) is 0. The second kappa shape index (κ2) is 23.6. The first-order chi connectivity index (χ1) is 53.7. The zero-order valence-corrected chi connectivity index (χ0v) is 65.1. The van der Waals surface area contributed by atoms with E-state index in [9.17, 15) is 0 Å². The van der Waals surface area contributed by atoms with Crippen LogP contribution in [0.25, 0.3) is 109 Å². The molecule has 0 amide bonds. The Bertz CT molecular complexity index is 5530. The van der Waals surface area contributed by atoms with Crippen LogP contribution in [0.1, 0.15) is 178 Å². The second-order valence-corrected chi connectivity index (χ2v) is 36.7. The lowest BCUT2D eigenvalue weighted by atomic mass is 9.67. The van der Waals surface area contributed by atoms with E-state index in [1.165, 1.54) is 254 Å². The maximum absolute atomic E-state index is 2.74. The Balaban J connectivity index is 0.753. The van der Waals surface area contributed by atoms with Crippen molar-refractivity contribution in [3.05, 3.63) is 277 Å². The van der Waals surface area contributed by atoms with Crippen molar-refractivity contribution in [2.75, 3.05) is 19.6 Å². The van der Waals surface area contributed by atoms with Crippen LogP contribution in [0.3, 0.4) is 0 Å². The summed E-state index contributed by atoms with van der Waals surface area (Å²) in [6, 6.07) is 101. The van der Waals surface area contributed by atoms with E-state index in [1.807, 2.05) is 0 Å². The van der Waals surface area contributed by atoms with E-state index in [1.54, 1.807) is 0 Å². The highest BCUT2D eigenvalue weighted by atomic mass is 15.3. The molecule has 15 aromatic rings. The van der Waals surface area contributed by atoms with Gasteiger partial charge < -0.3 is 19.6 Å². The van der Waals surface area contributed by atoms with Crippen molar-refractivity contribution in [3.8, 4) is 44.5 Å². The normalized spacial score (nSPS) is 27.3. The lowest BCUT2D eigenvalue weighted by Gasteiger charge is -2.46. The van der Waals surface area contributed by atoms with Crippen molar-refractivity contribution in [2.24, 2.45) is 23.7 Å². The third-order valence-electron chi connectivity index (χ3n) is 30.7. The number of para-hydroxylation sites is 4. The summed E-state index contributed by atoms with van der Waals surface area (Å²) in [6.07, 6.45) is 14.7. The summed E-state index contributed by atoms with van der Waals surface area (Å²) < 4.78 is 0. The summed E-state index contributed by atoms with van der Waals surface area (Å²) in [7, 11) is 0. The van der Waals surface area contributed by atoms with Gasteiger partial charge in [-0.2, -0.15) is 0 Å². The predicted octanol–water partition coefficient (Wildman–Crippen LogP) is 29.4. The van der Waals surface area contributed by atoms with Gasteiger partial charge in [-0.25, -0.2) is 0 Å². The minimum absolute atomic E-state index is 0.0178. The Hall–Kier alpha value is -10.4. The quantitative estimate of drug-likeness (QED) is 0.150. The minimum atomic E-state index is -0.0178. The molecule has 4 nitrogen and oxygen atoms in total. The van der Waals surface area contributed by atoms with Crippen molar-refractivity contribution < 1.29 is 0 Å². The largest absolute Gasteiger partial charge is 0.335 e. The fourth-order valence-corrected chi connectivity index (χ4v) is 26.6. The predicted molar refractivity (Wildman–Crippen MR) is 467 cm³/mol. The van der Waals surface area contributed by atoms with E-state index < -0.39 is 0 Å². The minimum Gasteiger partial charge on any atom is -0.335 e. The fraction of sp³-hybridized carbons (Fsp3) is 0.302. The molecule has 15 aromatic carbocycles. The molecule has 4 fully saturated rings. The van der Waals surface area contributed by atoms with Gasteiger partial charge in [0, 0.05) is 91.3 Å². The zero-order chi connectivity index (χ0) is 73.6. The second-order valence-electron chi connectivity index (χ2n) is 36.7. The summed E-state index contributed by atoms with van der Waals surface area (Å²) in [5, 5.41) is 16.3. The summed E-state index contributed by atoms with van der Waals surface area (Å²) in [5.74, 6) is 3.90. The summed E-state index contributed by atoms with van der Waals surface area (Å²) in [5.41, 5.74) is 27.3. The van der Waals surface area contributed by atoms with E-state index in [0.29, 0.717) is 47.3 Å². The topological polar surface area (TPSA) is 13.0 Å². The van der Waals surface area contributed by atoms with Crippen molar-refractivity contribution in [3.63, 3.8) is 0 Å². The molecular weight excluding hydrogens is 1330 g/mol. The van der Waals surface area contributed by atoms with Crippen LogP contribution in [0.2, 0.25) is 0 Å². The first-order valence-electron chi connectivity index (χ1n) is 42.1. The molecule has 4 heterocycles. The molecule has 4 heteroatoms. The van der Waals surface area contributed by atoms with Crippen molar-refractivity contribution >= 4 is 110 Å². The Labute approximate surface area is 649 Å². The van der Waals surface area contributed by atoms with Gasteiger partial charge in [-0.05, 0) is 343 Å². The Morgan fingerprint density at radius 1 is 0.236 bits per heavy atom. The van der Waals surface area contributed by atoms with Crippen molar-refractivity contribution in [1.29, 1.82) is 0 Å². The fourth-order valence-electron chi connectivity index (χ4n) is 26.6. The van der Waals surface area contributed by atoms with E-state index in [4.69, 9.17) is 0 Å². The van der Waals surface area contributed by atoms with Gasteiger partial charge in [0.1, 0.15) is 0 Å². The van der Waals surface area contributed by atoms with Crippen LogP contribution >= 0.6 is 0 Å². The van der Waals surface area contributed by atoms with E-state index >= 15 is 0 Å². The lowest BCUT2D eigenvalue weighted by molar-refractivity contribution is 0.223. The smallest absolute Gasteiger partial charge is 0.0495 e. The van der Waals surface area contributed by atoms with Crippen LogP contribution in [-0.2, 0) is 0 Å². The van der Waals surface area contributed by atoms with Gasteiger partial charge in [0.2, 0.25) is 0 Å². The molecule has 0 saturated heterocycles. The van der Waals surface area contributed by atoms with E-state index in [0.717, 1.165) is 0 Å². The van der Waals surface area contributed by atoms with Gasteiger partial charge in [0.05, 0.1) is 0 Å². The van der Waals surface area contributed by atoms with Crippen LogP contribution < -0.4 is 19.6 Å². The van der Waals surface area contributed by atoms with Gasteiger partial charge in [-0.15, -0.1) is 0 Å². The van der Waals surface area contributed by atoms with Crippen LogP contribution in [0.5, 0.6) is 0 Å². The molecule has 23 rings (SSSR count). The van der Waals surface area contributed by atoms with Gasteiger partial charge >= 0.3 is 0 Å². The van der Waals surface area contributed by atoms with Crippen molar-refractivity contribution in [1.82, 2.24) is 0 Å². The number of benzene rings is 13. The average Bonchev–Trinajstić information content (AvgIpc) is 1.53. The molecule has 0 radical (unpaired) electrons. The maximum atomic E-state index is 2.74. The number of anilines is 8. The molecule has 8 aliphatic rings. The van der Waals surface area contributed by atoms with Crippen LogP contribution in [0, 0.1) is 23.7 Å². The van der Waals surface area contributed by atoms with Crippen LogP contribution in [0.15, 0.2) is 255 Å². The summed E-state index contributed by atoms with van der Waals surface area (Å²) in [6.45, 7) is 20.5. The molecule has 542 valence electrons. The molecule has 0 aromatic heterocycles. The molecule has 110 heavy (non-hydrogen) atoms. The Morgan fingerprint density at radius 2 is 0.464 bits per heavy atom. The number of fused-ring (bicyclic) bond motifs is 18. The van der Waals surface area contributed by atoms with Gasteiger partial charge in [-0.3, -0.25) is 0 Å². The molecular formula is C106H98N4. The first kappa shape index (κ1) is 65.5. The molecule has 12 unspecified atom stereocenters. The third-order valence-corrected chi connectivity index (χ3v) is 30.7. The molecule has 12 atom stereocenters. The molecule has 4 aliphatic carbocycles. The summed E-state index contributed by atoms with van der Waals surface area (Å²) in [4.78, 5) is 10.9. The molecule has 0 bridgehead atoms. The standard InChI is InChI=1S/C106H98N4/c1-63-25-21-53-103(5)99(63)87-57-67(37-49-91(87)107(103)71-29-13-9-14-30-71)75-41-45-79-83-61-85-81-47-43-77(69-39-51-93-89(59-69)101-65(3)27-23-55-105(101,7)109(93)73-33-17-11-18-34-73)96-78(70-40-52-94-90(60-70)102-66(4)28-24-56-106(102,8)110(94)74-35-19-12-20-36-74)44-48-82(98(81)96)86(85)62-84(83)80-46-42-76(95(75)97(79)80)68-38-50-92-88(58-68)100-64(2)26-22-54-104(100,6)108(92)72-31-15-10-16-32-72/h9-20,29-52,57-66,99-102H,21-28,53-56H2,1-8H3. The zero-order valence-electron chi connectivity index (χ0n) is 65.1. The molecule has 0 spiro atoms. The highest BCUT2D eigenvalue weighted by Gasteiger charge is 2.57. The van der Waals surface area contributed by atoms with Gasteiger partial charge in [-0.1, -0.05) is 199 Å². The summed E-state index contributed by atoms with van der Waals surface area (Å²) >= 11 is 0. The molecule has 4 saturated carbocycles. The maximum Gasteiger partial charge on any atom is 0.0495 e. The molecule has 0 N–H and O–H groups in total. The van der Waals surface area contributed by atoms with Crippen molar-refractivity contribution in [2.45, 2.75) is 178 Å². The highest BCUT2D eigenvalue weighted by Crippen LogP contribution is 2.66. The van der Waals surface area contributed by atoms with E-state index in [-0.39, 0.29) is 22.2 Å².